The van der Waals surface area contributed by atoms with Gasteiger partial charge in [0.05, 0.1) is 33.0 Å². The molecule has 1 N–H and O–H groups in total. The molecule has 34 heavy (non-hydrogen) atoms. The lowest BCUT2D eigenvalue weighted by Crippen LogP contribution is -2.34. The maximum Gasteiger partial charge on any atom is 0.414 e. The van der Waals surface area contributed by atoms with Gasteiger partial charge in [-0.2, -0.15) is 0 Å². The maximum atomic E-state index is 12.3. The molecule has 0 aliphatic heterocycles. The summed E-state index contributed by atoms with van der Waals surface area (Å²) in [7, 11) is 1.67. The highest BCUT2D eigenvalue weighted by Gasteiger charge is 2.20. The van der Waals surface area contributed by atoms with E-state index in [0.29, 0.717) is 61.5 Å². The Bertz CT molecular complexity index is 1060. The van der Waals surface area contributed by atoms with Crippen molar-refractivity contribution in [3.8, 4) is 17.2 Å². The van der Waals surface area contributed by atoms with Crippen molar-refractivity contribution in [3.05, 3.63) is 42.5 Å². The number of benzene rings is 2. The first-order valence-electron chi connectivity index (χ1n) is 11.1. The van der Waals surface area contributed by atoms with Crippen molar-refractivity contribution in [1.82, 2.24) is 4.98 Å². The summed E-state index contributed by atoms with van der Waals surface area (Å²) in [6.07, 6.45) is -0.421. The van der Waals surface area contributed by atoms with E-state index in [2.05, 4.69) is 4.98 Å². The van der Waals surface area contributed by atoms with Crippen molar-refractivity contribution < 1.29 is 33.3 Å². The van der Waals surface area contributed by atoms with Gasteiger partial charge in [-0.15, -0.1) is 0 Å². The molecule has 3 rings (SSSR count). The molecule has 0 saturated carbocycles. The molecule has 0 saturated heterocycles. The van der Waals surface area contributed by atoms with E-state index in [1.165, 1.54) is 4.90 Å². The highest BCUT2D eigenvalue weighted by Crippen LogP contribution is 2.28. The van der Waals surface area contributed by atoms with Crippen LogP contribution in [0, 0.1) is 0 Å². The minimum absolute atomic E-state index is 0.00605. The number of carbonyl (C=O) groups excluding carboxylic acids is 1. The number of hydrogen-bond acceptors (Lipinski definition) is 8. The number of anilines is 1. The van der Waals surface area contributed by atoms with Gasteiger partial charge in [0.15, 0.2) is 5.58 Å². The summed E-state index contributed by atoms with van der Waals surface area (Å²) < 4.78 is 27.5. The van der Waals surface area contributed by atoms with Crippen LogP contribution in [0.1, 0.15) is 20.8 Å². The van der Waals surface area contributed by atoms with E-state index in [4.69, 9.17) is 28.5 Å². The third-order valence-corrected chi connectivity index (χ3v) is 4.63. The van der Waals surface area contributed by atoms with Crippen LogP contribution in [0.2, 0.25) is 0 Å². The number of amides is 1. The van der Waals surface area contributed by atoms with E-state index in [-0.39, 0.29) is 6.61 Å². The van der Waals surface area contributed by atoms with Crippen LogP contribution in [-0.2, 0) is 14.2 Å². The van der Waals surface area contributed by atoms with E-state index >= 15 is 0 Å². The Morgan fingerprint density at radius 2 is 1.68 bits per heavy atom. The van der Waals surface area contributed by atoms with Crippen LogP contribution in [0.5, 0.6) is 5.75 Å². The molecule has 184 valence electrons. The van der Waals surface area contributed by atoms with E-state index < -0.39 is 11.7 Å². The van der Waals surface area contributed by atoms with Crippen molar-refractivity contribution in [2.24, 2.45) is 0 Å². The molecule has 1 heterocycles. The fraction of sp³-hybridized carbons (Fsp3) is 0.440. The van der Waals surface area contributed by atoms with Crippen molar-refractivity contribution in [2.75, 3.05) is 51.6 Å². The molecule has 0 unspecified atom stereocenters. The normalized spacial score (nSPS) is 11.6. The summed E-state index contributed by atoms with van der Waals surface area (Å²) in [5, 5.41) is 8.64. The zero-order chi connectivity index (χ0) is 24.6. The van der Waals surface area contributed by atoms with Gasteiger partial charge in [-0.25, -0.2) is 9.78 Å². The minimum atomic E-state index is -0.561. The van der Waals surface area contributed by atoms with Gasteiger partial charge in [0.1, 0.15) is 23.5 Å². The van der Waals surface area contributed by atoms with Crippen molar-refractivity contribution >= 4 is 22.9 Å². The topological polar surface area (TPSA) is 103 Å². The zero-order valence-electron chi connectivity index (χ0n) is 20.1. The van der Waals surface area contributed by atoms with Gasteiger partial charge < -0.3 is 28.5 Å². The van der Waals surface area contributed by atoms with Crippen LogP contribution in [0.25, 0.3) is 22.6 Å². The quantitative estimate of drug-likeness (QED) is 0.413. The van der Waals surface area contributed by atoms with E-state index in [1.54, 1.807) is 7.05 Å². The molecule has 0 aliphatic carbocycles. The Kier molecular flexibility index (Phi) is 8.86. The van der Waals surface area contributed by atoms with Crippen molar-refractivity contribution in [3.63, 3.8) is 0 Å². The molecule has 0 radical (unpaired) electrons. The van der Waals surface area contributed by atoms with Gasteiger partial charge in [0, 0.05) is 24.4 Å². The Morgan fingerprint density at radius 3 is 2.35 bits per heavy atom. The Hall–Kier alpha value is -3.14. The number of hydrogen-bond donors (Lipinski definition) is 1. The smallest absolute Gasteiger partial charge is 0.414 e. The lowest BCUT2D eigenvalue weighted by molar-refractivity contribution is 0.0247. The molecule has 0 fully saturated rings. The average Bonchev–Trinajstić information content (AvgIpc) is 3.23. The summed E-state index contributed by atoms with van der Waals surface area (Å²) in [5.41, 5.74) is 2.26. The van der Waals surface area contributed by atoms with Crippen LogP contribution < -0.4 is 9.64 Å². The van der Waals surface area contributed by atoms with Crippen molar-refractivity contribution in [1.29, 1.82) is 0 Å². The first-order chi connectivity index (χ1) is 16.3. The largest absolute Gasteiger partial charge is 0.491 e. The molecule has 9 heteroatoms. The molecule has 0 bridgehead atoms. The van der Waals surface area contributed by atoms with Gasteiger partial charge in [0.25, 0.3) is 0 Å². The second-order valence-corrected chi connectivity index (χ2v) is 8.53. The first-order valence-corrected chi connectivity index (χ1v) is 11.1. The van der Waals surface area contributed by atoms with Crippen LogP contribution >= 0.6 is 0 Å². The van der Waals surface area contributed by atoms with Gasteiger partial charge in [-0.05, 0) is 57.2 Å². The second-order valence-electron chi connectivity index (χ2n) is 8.53. The third-order valence-electron chi connectivity index (χ3n) is 4.63. The molecule has 9 nitrogen and oxygen atoms in total. The van der Waals surface area contributed by atoms with Gasteiger partial charge in [-0.3, -0.25) is 4.90 Å². The summed E-state index contributed by atoms with van der Waals surface area (Å²) in [5.74, 6) is 1.15. The van der Waals surface area contributed by atoms with Gasteiger partial charge in [0.2, 0.25) is 5.89 Å². The third kappa shape index (κ3) is 7.44. The first kappa shape index (κ1) is 25.5. The molecule has 0 spiro atoms. The number of oxazole rings is 1. The summed E-state index contributed by atoms with van der Waals surface area (Å²) in [4.78, 5) is 18.3. The fourth-order valence-electron chi connectivity index (χ4n) is 2.99. The molecule has 1 aromatic heterocycles. The van der Waals surface area contributed by atoms with Crippen LogP contribution in [0.3, 0.4) is 0 Å². The van der Waals surface area contributed by atoms with Gasteiger partial charge in [-0.1, -0.05) is 0 Å². The molecular formula is C25H32N2O7. The SMILES string of the molecule is CN(C(=O)OC(C)(C)C)c1ccc(-c2nc3cc(OCCOCCOCCO)ccc3o2)cc1. The minimum Gasteiger partial charge on any atom is -0.491 e. The van der Waals surface area contributed by atoms with Crippen molar-refractivity contribution in [2.45, 2.75) is 26.4 Å². The number of ether oxygens (including phenoxy) is 4. The highest BCUT2D eigenvalue weighted by molar-refractivity contribution is 5.87. The number of aromatic nitrogens is 1. The van der Waals surface area contributed by atoms with E-state index in [9.17, 15) is 4.79 Å². The summed E-state index contributed by atoms with van der Waals surface area (Å²) >= 11 is 0. The number of rotatable bonds is 11. The molecular weight excluding hydrogens is 440 g/mol. The molecule has 2 aromatic carbocycles. The van der Waals surface area contributed by atoms with Crippen LogP contribution in [-0.4, -0.2) is 68.5 Å². The van der Waals surface area contributed by atoms with Gasteiger partial charge >= 0.3 is 6.09 Å². The fourth-order valence-corrected chi connectivity index (χ4v) is 2.99. The molecule has 1 amide bonds. The molecule has 3 aromatic rings. The summed E-state index contributed by atoms with van der Waals surface area (Å²) in [6, 6.07) is 12.8. The van der Waals surface area contributed by atoms with Crippen LogP contribution in [0.4, 0.5) is 10.5 Å². The monoisotopic (exact) mass is 472 g/mol. The number of carbonyl (C=O) groups is 1. The zero-order valence-corrected chi connectivity index (χ0v) is 20.1. The standard InChI is InChI=1S/C25H32N2O7/c1-25(2,3)34-24(29)27(4)19-7-5-18(6-8-19)23-26-21-17-20(9-10-22(21)33-23)32-16-15-31-14-13-30-12-11-28/h5-10,17,28H,11-16H2,1-4H3. The lowest BCUT2D eigenvalue weighted by atomic mass is 10.2. The van der Waals surface area contributed by atoms with E-state index in [1.807, 2.05) is 63.2 Å². The Balaban J connectivity index is 1.56. The number of aliphatic hydroxyl groups is 1. The highest BCUT2D eigenvalue weighted by atomic mass is 16.6. The Labute approximate surface area is 199 Å². The van der Waals surface area contributed by atoms with E-state index in [0.717, 1.165) is 5.56 Å². The predicted molar refractivity (Wildman–Crippen MR) is 128 cm³/mol. The predicted octanol–water partition coefficient (Wildman–Crippen LogP) is 4.27. The summed E-state index contributed by atoms with van der Waals surface area (Å²) in [6.45, 7) is 7.51. The number of fused-ring (bicyclic) bond motifs is 1. The van der Waals surface area contributed by atoms with Crippen LogP contribution in [0.15, 0.2) is 46.9 Å². The maximum absolute atomic E-state index is 12.3. The lowest BCUT2D eigenvalue weighted by Gasteiger charge is -2.24. The number of nitrogens with zero attached hydrogens (tertiary/aromatic N) is 2. The average molecular weight is 473 g/mol. The Morgan fingerprint density at radius 1 is 1.00 bits per heavy atom. The number of aliphatic hydroxyl groups excluding tert-OH is 1. The molecule has 0 aliphatic rings. The molecule has 0 atom stereocenters. The second kappa shape index (κ2) is 11.8.